The van der Waals surface area contributed by atoms with Gasteiger partial charge in [-0.25, -0.2) is 0 Å². The standard InChI is InChI=1S/C19H14O8/c1-9(20)25-12-6-17(26-10(2)21)19-15(24)8-16(27-18(19)7-12)11-3-4-13(22)14(23)5-11/h3-8,22-23H,1-2H3. The van der Waals surface area contributed by atoms with Gasteiger partial charge >= 0.3 is 11.9 Å². The molecule has 8 nitrogen and oxygen atoms in total. The number of ether oxygens (including phenoxy) is 2. The molecule has 0 aliphatic heterocycles. The van der Waals surface area contributed by atoms with Gasteiger partial charge < -0.3 is 24.1 Å². The van der Waals surface area contributed by atoms with Crippen molar-refractivity contribution >= 4 is 22.9 Å². The Kier molecular flexibility index (Phi) is 4.55. The van der Waals surface area contributed by atoms with E-state index < -0.39 is 17.4 Å². The number of hydrogen-bond acceptors (Lipinski definition) is 8. The molecular weight excluding hydrogens is 356 g/mol. The SMILES string of the molecule is CC(=O)Oc1cc(OC(C)=O)c2c(=O)cc(-c3ccc(O)c(O)c3)oc2c1. The second-order valence-electron chi connectivity index (χ2n) is 5.66. The first kappa shape index (κ1) is 18.0. The Morgan fingerprint density at radius 1 is 0.926 bits per heavy atom. The summed E-state index contributed by atoms with van der Waals surface area (Å²) in [5.74, 6) is -1.96. The van der Waals surface area contributed by atoms with Gasteiger partial charge in [-0.05, 0) is 18.2 Å². The van der Waals surface area contributed by atoms with Gasteiger partial charge in [0, 0.05) is 37.6 Å². The van der Waals surface area contributed by atoms with Crippen LogP contribution < -0.4 is 14.9 Å². The van der Waals surface area contributed by atoms with Gasteiger partial charge in [-0.2, -0.15) is 0 Å². The molecule has 0 fully saturated rings. The number of aromatic hydroxyl groups is 2. The Bertz CT molecular complexity index is 1130. The maximum Gasteiger partial charge on any atom is 0.308 e. The number of phenolic OH excluding ortho intramolecular Hbond substituents is 2. The zero-order chi connectivity index (χ0) is 19.7. The zero-order valence-corrected chi connectivity index (χ0v) is 14.3. The lowest BCUT2D eigenvalue weighted by molar-refractivity contribution is -0.132. The predicted octanol–water partition coefficient (Wildman–Crippen LogP) is 2.72. The fraction of sp³-hybridized carbons (Fsp3) is 0.105. The van der Waals surface area contributed by atoms with Crippen molar-refractivity contribution in [3.63, 3.8) is 0 Å². The Balaban J connectivity index is 2.25. The fourth-order valence-corrected chi connectivity index (χ4v) is 2.51. The van der Waals surface area contributed by atoms with Crippen LogP contribution in [0.1, 0.15) is 13.8 Å². The molecule has 3 rings (SSSR count). The summed E-state index contributed by atoms with van der Waals surface area (Å²) < 4.78 is 15.7. The number of carbonyl (C=O) groups is 2. The van der Waals surface area contributed by atoms with Crippen molar-refractivity contribution < 1.29 is 33.7 Å². The Morgan fingerprint density at radius 2 is 1.63 bits per heavy atom. The summed E-state index contributed by atoms with van der Waals surface area (Å²) in [4.78, 5) is 35.2. The number of carbonyl (C=O) groups excluding carboxylic acids is 2. The first-order chi connectivity index (χ1) is 12.7. The molecule has 0 aliphatic carbocycles. The molecule has 1 aromatic heterocycles. The Labute approximate surface area is 152 Å². The van der Waals surface area contributed by atoms with Crippen molar-refractivity contribution in [3.05, 3.63) is 46.6 Å². The number of esters is 2. The van der Waals surface area contributed by atoms with Crippen LogP contribution in [0.15, 0.2) is 45.6 Å². The summed E-state index contributed by atoms with van der Waals surface area (Å²) in [5.41, 5.74) is -0.166. The molecule has 8 heteroatoms. The lowest BCUT2D eigenvalue weighted by Gasteiger charge is -2.10. The minimum Gasteiger partial charge on any atom is -0.504 e. The van der Waals surface area contributed by atoms with Gasteiger partial charge in [-0.1, -0.05) is 0 Å². The molecular formula is C19H14O8. The van der Waals surface area contributed by atoms with E-state index in [0.29, 0.717) is 5.56 Å². The van der Waals surface area contributed by atoms with Crippen LogP contribution in [-0.4, -0.2) is 22.2 Å². The second-order valence-corrected chi connectivity index (χ2v) is 5.66. The van der Waals surface area contributed by atoms with Crippen molar-refractivity contribution in [2.75, 3.05) is 0 Å². The molecule has 0 amide bonds. The molecule has 0 spiro atoms. The summed E-state index contributed by atoms with van der Waals surface area (Å²) in [6.07, 6.45) is 0. The first-order valence-corrected chi connectivity index (χ1v) is 7.75. The lowest BCUT2D eigenvalue weighted by Crippen LogP contribution is -2.09. The van der Waals surface area contributed by atoms with Gasteiger partial charge in [0.05, 0.1) is 0 Å². The van der Waals surface area contributed by atoms with E-state index in [4.69, 9.17) is 13.9 Å². The molecule has 0 unspecified atom stereocenters. The van der Waals surface area contributed by atoms with Gasteiger partial charge in [-0.15, -0.1) is 0 Å². The summed E-state index contributed by atoms with van der Waals surface area (Å²) >= 11 is 0. The van der Waals surface area contributed by atoms with Gasteiger partial charge in [0.1, 0.15) is 28.2 Å². The highest BCUT2D eigenvalue weighted by atomic mass is 16.5. The smallest absolute Gasteiger partial charge is 0.308 e. The molecule has 2 N–H and O–H groups in total. The highest BCUT2D eigenvalue weighted by molar-refractivity contribution is 5.89. The highest BCUT2D eigenvalue weighted by Crippen LogP contribution is 2.34. The zero-order valence-electron chi connectivity index (χ0n) is 14.3. The third kappa shape index (κ3) is 3.74. The normalized spacial score (nSPS) is 10.6. The summed E-state index contributed by atoms with van der Waals surface area (Å²) in [6, 6.07) is 7.63. The summed E-state index contributed by atoms with van der Waals surface area (Å²) in [6.45, 7) is 2.36. The monoisotopic (exact) mass is 370 g/mol. The van der Waals surface area contributed by atoms with Crippen LogP contribution in [0.3, 0.4) is 0 Å². The van der Waals surface area contributed by atoms with Gasteiger partial charge in [0.2, 0.25) is 0 Å². The summed E-state index contributed by atoms with van der Waals surface area (Å²) in [7, 11) is 0. The van der Waals surface area contributed by atoms with Crippen molar-refractivity contribution in [2.24, 2.45) is 0 Å². The Morgan fingerprint density at radius 3 is 2.26 bits per heavy atom. The molecule has 0 saturated carbocycles. The van der Waals surface area contributed by atoms with Crippen LogP contribution in [0.2, 0.25) is 0 Å². The van der Waals surface area contributed by atoms with E-state index in [9.17, 15) is 24.6 Å². The number of rotatable bonds is 3. The maximum absolute atomic E-state index is 12.6. The number of hydrogen-bond donors (Lipinski definition) is 2. The number of benzene rings is 2. The van der Waals surface area contributed by atoms with E-state index in [1.165, 1.54) is 44.2 Å². The topological polar surface area (TPSA) is 123 Å². The van der Waals surface area contributed by atoms with Crippen molar-refractivity contribution in [1.29, 1.82) is 0 Å². The van der Waals surface area contributed by atoms with E-state index in [1.807, 2.05) is 0 Å². The molecule has 1 heterocycles. The minimum atomic E-state index is -0.664. The third-order valence-corrected chi connectivity index (χ3v) is 3.54. The average Bonchev–Trinajstić information content (AvgIpc) is 2.55. The van der Waals surface area contributed by atoms with Crippen molar-refractivity contribution in [3.8, 4) is 34.3 Å². The fourth-order valence-electron chi connectivity index (χ4n) is 2.51. The molecule has 0 aliphatic rings. The van der Waals surface area contributed by atoms with Gasteiger partial charge in [-0.3, -0.25) is 14.4 Å². The van der Waals surface area contributed by atoms with E-state index in [-0.39, 0.29) is 39.7 Å². The van der Waals surface area contributed by atoms with E-state index >= 15 is 0 Å². The number of fused-ring (bicyclic) bond motifs is 1. The van der Waals surface area contributed by atoms with E-state index in [1.54, 1.807) is 0 Å². The quantitative estimate of drug-likeness (QED) is 0.410. The van der Waals surface area contributed by atoms with Crippen LogP contribution in [0.4, 0.5) is 0 Å². The molecule has 0 atom stereocenters. The van der Waals surface area contributed by atoms with Crippen LogP contribution in [0, 0.1) is 0 Å². The van der Waals surface area contributed by atoms with Crippen LogP contribution in [0.5, 0.6) is 23.0 Å². The molecule has 27 heavy (non-hydrogen) atoms. The van der Waals surface area contributed by atoms with Crippen LogP contribution in [-0.2, 0) is 9.59 Å². The summed E-state index contributed by atoms with van der Waals surface area (Å²) in [5, 5.41) is 19.1. The van der Waals surface area contributed by atoms with Crippen LogP contribution >= 0.6 is 0 Å². The molecule has 0 saturated heterocycles. The predicted molar refractivity (Wildman–Crippen MR) is 93.9 cm³/mol. The van der Waals surface area contributed by atoms with Gasteiger partial charge in [0.15, 0.2) is 16.9 Å². The maximum atomic E-state index is 12.6. The molecule has 2 aromatic carbocycles. The molecule has 0 bridgehead atoms. The van der Waals surface area contributed by atoms with Gasteiger partial charge in [0.25, 0.3) is 0 Å². The minimum absolute atomic E-state index is 0.00662. The highest BCUT2D eigenvalue weighted by Gasteiger charge is 2.17. The average molecular weight is 370 g/mol. The second kappa shape index (κ2) is 6.83. The third-order valence-electron chi connectivity index (χ3n) is 3.54. The molecule has 0 radical (unpaired) electrons. The lowest BCUT2D eigenvalue weighted by atomic mass is 10.1. The van der Waals surface area contributed by atoms with Crippen molar-refractivity contribution in [1.82, 2.24) is 0 Å². The Hall–Kier alpha value is -3.81. The molecule has 138 valence electrons. The molecule has 3 aromatic rings. The van der Waals surface area contributed by atoms with E-state index in [0.717, 1.165) is 6.07 Å². The first-order valence-electron chi connectivity index (χ1n) is 7.75. The van der Waals surface area contributed by atoms with Crippen LogP contribution in [0.25, 0.3) is 22.3 Å². The number of phenols is 2. The van der Waals surface area contributed by atoms with E-state index in [2.05, 4.69) is 0 Å². The van der Waals surface area contributed by atoms with Crippen molar-refractivity contribution in [2.45, 2.75) is 13.8 Å². The largest absolute Gasteiger partial charge is 0.504 e.